The number of ketones is 1. The van der Waals surface area contributed by atoms with Crippen LogP contribution in [-0.2, 0) is 14.3 Å². The van der Waals surface area contributed by atoms with Gasteiger partial charge in [0.1, 0.15) is 17.6 Å². The van der Waals surface area contributed by atoms with Crippen molar-refractivity contribution < 1.29 is 18.7 Å². The lowest BCUT2D eigenvalue weighted by molar-refractivity contribution is -0.144. The van der Waals surface area contributed by atoms with Crippen molar-refractivity contribution in [2.24, 2.45) is 0 Å². The molecule has 1 atom stereocenters. The monoisotopic (exact) mass is 355 g/mol. The average molecular weight is 355 g/mol. The molecule has 0 unspecified atom stereocenters. The minimum atomic E-state index is -0.471. The molecule has 1 saturated carbocycles. The fourth-order valence-electron chi connectivity index (χ4n) is 4.37. The van der Waals surface area contributed by atoms with E-state index in [1.165, 1.54) is 0 Å². The number of furan rings is 1. The van der Waals surface area contributed by atoms with E-state index in [2.05, 4.69) is 5.32 Å². The molecule has 1 N–H and O–H groups in total. The van der Waals surface area contributed by atoms with E-state index in [0.29, 0.717) is 23.3 Å². The van der Waals surface area contributed by atoms with Crippen LogP contribution in [0.2, 0.25) is 0 Å². The van der Waals surface area contributed by atoms with Gasteiger partial charge in [-0.1, -0.05) is 0 Å². The highest BCUT2D eigenvalue weighted by molar-refractivity contribution is 6.03. The van der Waals surface area contributed by atoms with E-state index in [4.69, 9.17) is 9.15 Å². The first-order valence-electron chi connectivity index (χ1n) is 9.56. The zero-order valence-electron chi connectivity index (χ0n) is 15.4. The van der Waals surface area contributed by atoms with Crippen LogP contribution >= 0.6 is 0 Å². The Hall–Kier alpha value is -2.30. The van der Waals surface area contributed by atoms with Crippen molar-refractivity contribution >= 4 is 11.8 Å². The number of rotatable bonds is 3. The number of ether oxygens (including phenoxy) is 1. The molecule has 5 nitrogen and oxygen atoms in total. The van der Waals surface area contributed by atoms with Crippen LogP contribution in [0.15, 0.2) is 39.1 Å². The molecule has 1 fully saturated rings. The Morgan fingerprint density at radius 3 is 2.62 bits per heavy atom. The Balaban J connectivity index is 1.74. The summed E-state index contributed by atoms with van der Waals surface area (Å²) in [6.07, 6.45) is 6.20. The molecule has 0 radical (unpaired) electrons. The van der Waals surface area contributed by atoms with Gasteiger partial charge in [-0.2, -0.15) is 0 Å². The second-order valence-corrected chi connectivity index (χ2v) is 7.53. The van der Waals surface area contributed by atoms with Gasteiger partial charge in [0.2, 0.25) is 0 Å². The Bertz CT molecular complexity index is 808. The van der Waals surface area contributed by atoms with Gasteiger partial charge in [-0.3, -0.25) is 4.79 Å². The first-order valence-corrected chi connectivity index (χ1v) is 9.56. The van der Waals surface area contributed by atoms with Crippen LogP contribution < -0.4 is 5.32 Å². The van der Waals surface area contributed by atoms with E-state index < -0.39 is 5.92 Å². The average Bonchev–Trinajstić information content (AvgIpc) is 3.25. The van der Waals surface area contributed by atoms with Gasteiger partial charge in [0.15, 0.2) is 5.78 Å². The predicted molar refractivity (Wildman–Crippen MR) is 96.3 cm³/mol. The van der Waals surface area contributed by atoms with Gasteiger partial charge in [0.25, 0.3) is 0 Å². The number of carbonyl (C=O) groups excluding carboxylic acids is 2. The summed E-state index contributed by atoms with van der Waals surface area (Å²) in [6.45, 7) is 3.76. The van der Waals surface area contributed by atoms with Crippen molar-refractivity contribution in [2.45, 2.75) is 70.8 Å². The minimum absolute atomic E-state index is 0.0146. The van der Waals surface area contributed by atoms with Crippen molar-refractivity contribution in [1.29, 1.82) is 0 Å². The number of hydrogen-bond donors (Lipinski definition) is 1. The van der Waals surface area contributed by atoms with Gasteiger partial charge in [-0.05, 0) is 64.5 Å². The van der Waals surface area contributed by atoms with Gasteiger partial charge >= 0.3 is 5.97 Å². The molecule has 0 amide bonds. The standard InChI is InChI=1S/C21H25NO4/c1-12-10-11-17(25-12)20-18(21(24)26-14-6-3-4-7-14)13(2)22-15-8-5-9-16(23)19(15)20/h10-11,14,20,22H,3-9H2,1-2H3/t20-/m0/s1. The highest BCUT2D eigenvalue weighted by Gasteiger charge is 2.41. The molecule has 0 bridgehead atoms. The maximum absolute atomic E-state index is 13.0. The number of dihydropyridines is 1. The van der Waals surface area contributed by atoms with E-state index in [-0.39, 0.29) is 17.9 Å². The summed E-state index contributed by atoms with van der Waals surface area (Å²) in [6, 6.07) is 3.74. The molecular formula is C21H25NO4. The molecule has 5 heteroatoms. The van der Waals surface area contributed by atoms with Crippen LogP contribution in [0.25, 0.3) is 0 Å². The molecule has 138 valence electrons. The van der Waals surface area contributed by atoms with Crippen LogP contribution in [0.5, 0.6) is 0 Å². The largest absolute Gasteiger partial charge is 0.465 e. The van der Waals surface area contributed by atoms with Gasteiger partial charge in [0.05, 0.1) is 11.5 Å². The van der Waals surface area contributed by atoms with E-state index in [1.807, 2.05) is 26.0 Å². The van der Waals surface area contributed by atoms with Crippen molar-refractivity contribution in [3.05, 3.63) is 46.2 Å². The molecule has 4 rings (SSSR count). The van der Waals surface area contributed by atoms with Crippen LogP contribution in [0.1, 0.15) is 69.3 Å². The summed E-state index contributed by atoms with van der Waals surface area (Å²) in [4.78, 5) is 25.8. The van der Waals surface area contributed by atoms with Crippen molar-refractivity contribution in [2.75, 3.05) is 0 Å². The third kappa shape index (κ3) is 3.00. The number of esters is 1. The van der Waals surface area contributed by atoms with Crippen molar-refractivity contribution in [3.8, 4) is 0 Å². The zero-order valence-corrected chi connectivity index (χ0v) is 15.4. The number of aryl methyl sites for hydroxylation is 1. The number of hydrogen-bond acceptors (Lipinski definition) is 5. The van der Waals surface area contributed by atoms with Gasteiger partial charge in [0, 0.05) is 23.4 Å². The third-order valence-corrected chi connectivity index (χ3v) is 5.62. The quantitative estimate of drug-likeness (QED) is 0.829. The fourth-order valence-corrected chi connectivity index (χ4v) is 4.37. The Kier molecular flexibility index (Phi) is 4.47. The van der Waals surface area contributed by atoms with Gasteiger partial charge in [-0.15, -0.1) is 0 Å². The molecule has 0 aromatic carbocycles. The zero-order chi connectivity index (χ0) is 18.3. The molecule has 0 saturated heterocycles. The molecule has 2 heterocycles. The third-order valence-electron chi connectivity index (χ3n) is 5.62. The number of nitrogens with one attached hydrogen (secondary N) is 1. The molecule has 1 aromatic heterocycles. The number of carbonyl (C=O) groups is 2. The van der Waals surface area contributed by atoms with Crippen LogP contribution in [-0.4, -0.2) is 17.9 Å². The topological polar surface area (TPSA) is 68.5 Å². The summed E-state index contributed by atoms with van der Waals surface area (Å²) in [5.41, 5.74) is 2.88. The summed E-state index contributed by atoms with van der Waals surface area (Å²) in [7, 11) is 0. The first kappa shape index (κ1) is 17.1. The first-order chi connectivity index (χ1) is 12.5. The molecule has 3 aliphatic rings. The molecule has 0 spiro atoms. The van der Waals surface area contributed by atoms with Gasteiger partial charge < -0.3 is 14.5 Å². The van der Waals surface area contributed by atoms with Crippen molar-refractivity contribution in [1.82, 2.24) is 5.32 Å². The van der Waals surface area contributed by atoms with E-state index >= 15 is 0 Å². The fraction of sp³-hybridized carbons (Fsp3) is 0.524. The molecule has 1 aliphatic heterocycles. The predicted octanol–water partition coefficient (Wildman–Crippen LogP) is 4.04. The normalized spacial score (nSPS) is 23.9. The summed E-state index contributed by atoms with van der Waals surface area (Å²) >= 11 is 0. The second-order valence-electron chi connectivity index (χ2n) is 7.53. The smallest absolute Gasteiger partial charge is 0.337 e. The van der Waals surface area contributed by atoms with E-state index in [9.17, 15) is 9.59 Å². The lowest BCUT2D eigenvalue weighted by atomic mass is 9.77. The Morgan fingerprint density at radius 1 is 1.15 bits per heavy atom. The van der Waals surface area contributed by atoms with Crippen LogP contribution in [0, 0.1) is 6.92 Å². The molecular weight excluding hydrogens is 330 g/mol. The van der Waals surface area contributed by atoms with Crippen LogP contribution in [0.4, 0.5) is 0 Å². The lowest BCUT2D eigenvalue weighted by Gasteiger charge is -2.33. The lowest BCUT2D eigenvalue weighted by Crippen LogP contribution is -2.35. The summed E-state index contributed by atoms with van der Waals surface area (Å²) in [5, 5.41) is 3.31. The summed E-state index contributed by atoms with van der Waals surface area (Å²) < 4.78 is 11.6. The van der Waals surface area contributed by atoms with E-state index in [0.717, 1.165) is 55.7 Å². The Labute approximate surface area is 153 Å². The molecule has 26 heavy (non-hydrogen) atoms. The maximum Gasteiger partial charge on any atom is 0.337 e. The number of allylic oxidation sites excluding steroid dienone is 3. The van der Waals surface area contributed by atoms with E-state index in [1.54, 1.807) is 0 Å². The maximum atomic E-state index is 13.0. The Morgan fingerprint density at radius 2 is 1.92 bits per heavy atom. The number of Topliss-reactive ketones (excluding diaryl/α,β-unsaturated/α-hetero) is 1. The highest BCUT2D eigenvalue weighted by Crippen LogP contribution is 2.43. The highest BCUT2D eigenvalue weighted by atomic mass is 16.5. The summed E-state index contributed by atoms with van der Waals surface area (Å²) in [5.74, 6) is 0.707. The van der Waals surface area contributed by atoms with Crippen molar-refractivity contribution in [3.63, 3.8) is 0 Å². The van der Waals surface area contributed by atoms with Gasteiger partial charge in [-0.25, -0.2) is 4.79 Å². The molecule has 1 aromatic rings. The van der Waals surface area contributed by atoms with Crippen LogP contribution in [0.3, 0.4) is 0 Å². The second kappa shape index (κ2) is 6.78. The molecule has 2 aliphatic carbocycles. The SMILES string of the molecule is CC1=C(C(=O)OC2CCCC2)[C@H](c2ccc(C)o2)C2=C(CCCC2=O)N1. The minimum Gasteiger partial charge on any atom is -0.465 e.